The molecule has 0 aliphatic carbocycles. The first-order chi connectivity index (χ1) is 10.3. The molecule has 0 amide bonds. The molecule has 4 nitrogen and oxygen atoms in total. The fourth-order valence-electron chi connectivity index (χ4n) is 2.04. The van der Waals surface area contributed by atoms with Crippen molar-refractivity contribution in [2.24, 2.45) is 0 Å². The lowest BCUT2D eigenvalue weighted by molar-refractivity contribution is -0.119. The zero-order chi connectivity index (χ0) is 15.3. The van der Waals surface area contributed by atoms with Crippen molar-refractivity contribution < 1.29 is 19.1 Å². The average Bonchev–Trinajstić information content (AvgIpc) is 2.51. The largest absolute Gasteiger partial charge is 0.468 e. The van der Waals surface area contributed by atoms with E-state index in [-0.39, 0.29) is 12.6 Å². The standard InChI is InChI=1S/C17H24O4/c1-20-14-21-17-11-9-15(10-12-17)6-2-3-7-16(19)8-4-5-13-18/h9-13H,2-8,14H2,1H3. The lowest BCUT2D eigenvalue weighted by Crippen LogP contribution is -1.99. The second kappa shape index (κ2) is 11.0. The minimum Gasteiger partial charge on any atom is -0.468 e. The highest BCUT2D eigenvalue weighted by atomic mass is 16.7. The van der Waals surface area contributed by atoms with E-state index in [9.17, 15) is 9.59 Å². The molecular weight excluding hydrogens is 268 g/mol. The quantitative estimate of drug-likeness (QED) is 0.337. The molecule has 0 saturated carbocycles. The molecule has 1 aromatic carbocycles. The van der Waals surface area contributed by atoms with Crippen molar-refractivity contribution in [2.75, 3.05) is 13.9 Å². The monoisotopic (exact) mass is 292 g/mol. The van der Waals surface area contributed by atoms with E-state index >= 15 is 0 Å². The van der Waals surface area contributed by atoms with E-state index in [1.807, 2.05) is 24.3 Å². The van der Waals surface area contributed by atoms with E-state index in [1.165, 1.54) is 5.56 Å². The Kier molecular flexibility index (Phi) is 9.13. The van der Waals surface area contributed by atoms with E-state index in [4.69, 9.17) is 9.47 Å². The number of unbranched alkanes of at least 4 members (excludes halogenated alkanes) is 2. The average molecular weight is 292 g/mol. The van der Waals surface area contributed by atoms with Gasteiger partial charge in [0.1, 0.15) is 17.8 Å². The van der Waals surface area contributed by atoms with Crippen LogP contribution >= 0.6 is 0 Å². The van der Waals surface area contributed by atoms with Gasteiger partial charge < -0.3 is 14.3 Å². The Labute approximate surface area is 126 Å². The Hall–Kier alpha value is -1.68. The van der Waals surface area contributed by atoms with Crippen LogP contribution in [0.3, 0.4) is 0 Å². The summed E-state index contributed by atoms with van der Waals surface area (Å²) in [5.74, 6) is 1.06. The highest BCUT2D eigenvalue weighted by molar-refractivity contribution is 5.78. The molecule has 21 heavy (non-hydrogen) atoms. The number of carbonyl (C=O) groups excluding carboxylic acids is 2. The molecule has 0 heterocycles. The molecule has 1 aromatic rings. The van der Waals surface area contributed by atoms with Crippen molar-refractivity contribution in [3.8, 4) is 5.75 Å². The molecule has 0 aliphatic heterocycles. The Balaban J connectivity index is 2.14. The van der Waals surface area contributed by atoms with Crippen LogP contribution in [0.1, 0.15) is 44.1 Å². The summed E-state index contributed by atoms with van der Waals surface area (Å²) >= 11 is 0. The van der Waals surface area contributed by atoms with Gasteiger partial charge >= 0.3 is 0 Å². The number of hydrogen-bond acceptors (Lipinski definition) is 4. The van der Waals surface area contributed by atoms with Crippen LogP contribution in [0.5, 0.6) is 5.75 Å². The van der Waals surface area contributed by atoms with Crippen LogP contribution in [0, 0.1) is 0 Å². The summed E-state index contributed by atoms with van der Waals surface area (Å²) in [6, 6.07) is 7.94. The Morgan fingerprint density at radius 2 is 1.81 bits per heavy atom. The summed E-state index contributed by atoms with van der Waals surface area (Å²) in [7, 11) is 1.59. The number of aryl methyl sites for hydroxylation is 1. The number of carbonyl (C=O) groups is 2. The molecule has 0 fully saturated rings. The number of ether oxygens (including phenoxy) is 2. The highest BCUT2D eigenvalue weighted by Gasteiger charge is 2.02. The predicted octanol–water partition coefficient (Wildman–Crippen LogP) is 3.32. The maximum Gasteiger partial charge on any atom is 0.188 e. The summed E-state index contributed by atoms with van der Waals surface area (Å²) in [4.78, 5) is 21.7. The first-order valence-electron chi connectivity index (χ1n) is 7.42. The molecule has 0 bridgehead atoms. The lowest BCUT2D eigenvalue weighted by atomic mass is 10.0. The number of rotatable bonds is 12. The Bertz CT molecular complexity index is 411. The third-order valence-corrected chi connectivity index (χ3v) is 3.22. The van der Waals surface area contributed by atoms with Gasteiger partial charge in [-0.1, -0.05) is 12.1 Å². The van der Waals surface area contributed by atoms with Gasteiger partial charge in [0.15, 0.2) is 6.79 Å². The fourth-order valence-corrected chi connectivity index (χ4v) is 2.04. The van der Waals surface area contributed by atoms with Crippen LogP contribution < -0.4 is 4.74 Å². The molecular formula is C17H24O4. The summed E-state index contributed by atoms with van der Waals surface area (Å²) in [5, 5.41) is 0. The topological polar surface area (TPSA) is 52.6 Å². The molecule has 0 aromatic heterocycles. The molecule has 0 spiro atoms. The SMILES string of the molecule is COCOc1ccc(CCCCC(=O)CCCC=O)cc1. The Morgan fingerprint density at radius 3 is 2.48 bits per heavy atom. The molecule has 0 saturated heterocycles. The molecule has 0 N–H and O–H groups in total. The highest BCUT2D eigenvalue weighted by Crippen LogP contribution is 2.14. The third-order valence-electron chi connectivity index (χ3n) is 3.22. The van der Waals surface area contributed by atoms with Gasteiger partial charge in [0.2, 0.25) is 0 Å². The zero-order valence-electron chi connectivity index (χ0n) is 12.7. The number of hydrogen-bond donors (Lipinski definition) is 0. The van der Waals surface area contributed by atoms with E-state index < -0.39 is 0 Å². The lowest BCUT2D eigenvalue weighted by Gasteiger charge is -2.06. The van der Waals surface area contributed by atoms with Crippen molar-refractivity contribution >= 4 is 12.1 Å². The van der Waals surface area contributed by atoms with Crippen molar-refractivity contribution in [2.45, 2.75) is 44.9 Å². The van der Waals surface area contributed by atoms with Crippen molar-refractivity contribution in [3.63, 3.8) is 0 Å². The molecule has 0 aliphatic rings. The van der Waals surface area contributed by atoms with E-state index in [2.05, 4.69) is 0 Å². The van der Waals surface area contributed by atoms with Gasteiger partial charge in [-0.25, -0.2) is 0 Å². The summed E-state index contributed by atoms with van der Waals surface area (Å²) in [6.45, 7) is 0.256. The van der Waals surface area contributed by atoms with E-state index in [0.29, 0.717) is 25.7 Å². The van der Waals surface area contributed by atoms with Crippen LogP contribution in [0.2, 0.25) is 0 Å². The molecule has 0 unspecified atom stereocenters. The smallest absolute Gasteiger partial charge is 0.188 e. The number of Topliss-reactive ketones (excluding diaryl/α,β-unsaturated/α-hetero) is 1. The Morgan fingerprint density at radius 1 is 1.10 bits per heavy atom. The predicted molar refractivity (Wildman–Crippen MR) is 81.4 cm³/mol. The first-order valence-corrected chi connectivity index (χ1v) is 7.42. The number of ketones is 1. The van der Waals surface area contributed by atoms with Crippen molar-refractivity contribution in [1.29, 1.82) is 0 Å². The van der Waals surface area contributed by atoms with Gasteiger partial charge in [-0.2, -0.15) is 0 Å². The molecule has 4 heteroatoms. The first kappa shape index (κ1) is 17.4. The summed E-state index contributed by atoms with van der Waals surface area (Å²) in [5.41, 5.74) is 1.24. The normalized spacial score (nSPS) is 10.3. The van der Waals surface area contributed by atoms with Crippen LogP contribution in [0.4, 0.5) is 0 Å². The maximum atomic E-state index is 11.5. The zero-order valence-corrected chi connectivity index (χ0v) is 12.7. The van der Waals surface area contributed by atoms with E-state index in [0.717, 1.165) is 31.3 Å². The minimum atomic E-state index is 0.256. The van der Waals surface area contributed by atoms with Crippen LogP contribution in [0.25, 0.3) is 0 Å². The van der Waals surface area contributed by atoms with Crippen LogP contribution in [-0.4, -0.2) is 26.0 Å². The minimum absolute atomic E-state index is 0.256. The molecule has 116 valence electrons. The van der Waals surface area contributed by atoms with Gasteiger partial charge in [0, 0.05) is 26.4 Å². The maximum absolute atomic E-state index is 11.5. The van der Waals surface area contributed by atoms with Gasteiger partial charge in [-0.3, -0.25) is 4.79 Å². The van der Waals surface area contributed by atoms with Gasteiger partial charge in [0.25, 0.3) is 0 Å². The van der Waals surface area contributed by atoms with Crippen LogP contribution in [-0.2, 0) is 20.7 Å². The van der Waals surface area contributed by atoms with E-state index in [1.54, 1.807) is 7.11 Å². The van der Waals surface area contributed by atoms with Crippen LogP contribution in [0.15, 0.2) is 24.3 Å². The van der Waals surface area contributed by atoms with Gasteiger partial charge in [0.05, 0.1) is 0 Å². The summed E-state index contributed by atoms with van der Waals surface area (Å²) < 4.78 is 10.2. The fraction of sp³-hybridized carbons (Fsp3) is 0.529. The number of benzene rings is 1. The second-order valence-corrected chi connectivity index (χ2v) is 5.00. The number of methoxy groups -OCH3 is 1. The second-order valence-electron chi connectivity index (χ2n) is 5.00. The molecule has 0 radical (unpaired) electrons. The number of aldehydes is 1. The van der Waals surface area contributed by atoms with Crippen molar-refractivity contribution in [3.05, 3.63) is 29.8 Å². The third kappa shape index (κ3) is 8.25. The van der Waals surface area contributed by atoms with Crippen molar-refractivity contribution in [1.82, 2.24) is 0 Å². The van der Waals surface area contributed by atoms with Gasteiger partial charge in [-0.15, -0.1) is 0 Å². The molecule has 0 atom stereocenters. The summed E-state index contributed by atoms with van der Waals surface area (Å²) in [6.07, 6.45) is 6.06. The molecule has 1 rings (SSSR count). The van der Waals surface area contributed by atoms with Gasteiger partial charge in [-0.05, 0) is 43.4 Å².